The predicted molar refractivity (Wildman–Crippen MR) is 68.1 cm³/mol. The number of halogens is 1. The number of hydrogen-bond donors (Lipinski definition) is 1. The van der Waals surface area contributed by atoms with Gasteiger partial charge in [0.1, 0.15) is 0 Å². The van der Waals surface area contributed by atoms with E-state index in [1.54, 1.807) is 0 Å². The van der Waals surface area contributed by atoms with Crippen LogP contribution in [-0.2, 0) is 11.3 Å². The summed E-state index contributed by atoms with van der Waals surface area (Å²) in [4.78, 5) is 11.2. The molecule has 88 valence electrons. The predicted octanol–water partition coefficient (Wildman–Crippen LogP) is 2.57. The second-order valence-electron chi connectivity index (χ2n) is 4.44. The molecule has 3 rings (SSSR count). The molecule has 1 atom stereocenters. The fraction of sp³-hybridized carbons (Fsp3) is 0.308. The van der Waals surface area contributed by atoms with Crippen molar-refractivity contribution in [1.82, 2.24) is 9.88 Å². The average molecular weight is 249 g/mol. The Bertz CT molecular complexity index is 576. The molecule has 1 aliphatic heterocycles. The molecule has 1 N–H and O–H groups in total. The Balaban J connectivity index is 1.91. The summed E-state index contributed by atoms with van der Waals surface area (Å²) >= 11 is 6.13. The van der Waals surface area contributed by atoms with Crippen LogP contribution in [0.15, 0.2) is 30.5 Å². The van der Waals surface area contributed by atoms with Crippen molar-refractivity contribution in [1.29, 1.82) is 0 Å². The van der Waals surface area contributed by atoms with E-state index in [4.69, 9.17) is 11.6 Å². The van der Waals surface area contributed by atoms with Crippen LogP contribution in [0.25, 0.3) is 10.9 Å². The molecule has 3 nitrogen and oxygen atoms in total. The molecule has 0 radical (unpaired) electrons. The number of nitrogens with zero attached hydrogens (tertiary/aromatic N) is 1. The number of aromatic nitrogens is 1. The van der Waals surface area contributed by atoms with Crippen molar-refractivity contribution in [2.45, 2.75) is 25.4 Å². The third kappa shape index (κ3) is 1.91. The normalized spacial score (nSPS) is 19.8. The molecule has 2 aromatic rings. The van der Waals surface area contributed by atoms with Gasteiger partial charge in [-0.1, -0.05) is 17.7 Å². The van der Waals surface area contributed by atoms with Gasteiger partial charge in [0.15, 0.2) is 0 Å². The lowest BCUT2D eigenvalue weighted by atomic mass is 10.2. The van der Waals surface area contributed by atoms with E-state index in [0.29, 0.717) is 6.42 Å². The Morgan fingerprint density at radius 2 is 2.29 bits per heavy atom. The van der Waals surface area contributed by atoms with Crippen LogP contribution in [0.3, 0.4) is 0 Å². The van der Waals surface area contributed by atoms with Crippen molar-refractivity contribution >= 4 is 28.4 Å². The number of hydrogen-bond acceptors (Lipinski definition) is 1. The number of amides is 1. The smallest absolute Gasteiger partial charge is 0.220 e. The van der Waals surface area contributed by atoms with E-state index < -0.39 is 0 Å². The van der Waals surface area contributed by atoms with Crippen LogP contribution in [-0.4, -0.2) is 16.5 Å². The van der Waals surface area contributed by atoms with Gasteiger partial charge in [-0.25, -0.2) is 0 Å². The zero-order valence-corrected chi connectivity index (χ0v) is 10.1. The number of carbonyl (C=O) groups is 1. The van der Waals surface area contributed by atoms with Crippen LogP contribution in [0.5, 0.6) is 0 Å². The first-order valence-corrected chi connectivity index (χ1v) is 6.14. The van der Waals surface area contributed by atoms with Gasteiger partial charge < -0.3 is 9.88 Å². The summed E-state index contributed by atoms with van der Waals surface area (Å²) in [5.41, 5.74) is 1.12. The number of carbonyl (C=O) groups excluding carboxylic acids is 1. The maximum absolute atomic E-state index is 11.2. The minimum Gasteiger partial charge on any atom is -0.352 e. The van der Waals surface area contributed by atoms with Crippen LogP contribution in [0, 0.1) is 0 Å². The summed E-state index contributed by atoms with van der Waals surface area (Å²) in [7, 11) is 0. The lowest BCUT2D eigenvalue weighted by Gasteiger charge is -2.12. The largest absolute Gasteiger partial charge is 0.352 e. The second kappa shape index (κ2) is 4.08. The Morgan fingerprint density at radius 1 is 1.41 bits per heavy atom. The van der Waals surface area contributed by atoms with Crippen LogP contribution >= 0.6 is 11.6 Å². The zero-order chi connectivity index (χ0) is 11.8. The van der Waals surface area contributed by atoms with Gasteiger partial charge in [0.2, 0.25) is 5.91 Å². The summed E-state index contributed by atoms with van der Waals surface area (Å²) in [6.07, 6.45) is 3.59. The van der Waals surface area contributed by atoms with Crippen molar-refractivity contribution in [3.05, 3.63) is 35.5 Å². The summed E-state index contributed by atoms with van der Waals surface area (Å²) in [6, 6.07) is 8.17. The van der Waals surface area contributed by atoms with Gasteiger partial charge in [-0.2, -0.15) is 0 Å². The Morgan fingerprint density at radius 3 is 3.06 bits per heavy atom. The molecule has 0 saturated carbocycles. The van der Waals surface area contributed by atoms with Gasteiger partial charge >= 0.3 is 0 Å². The second-order valence-corrected chi connectivity index (χ2v) is 4.85. The molecule has 0 aliphatic carbocycles. The van der Waals surface area contributed by atoms with E-state index in [1.807, 2.05) is 24.4 Å². The minimum absolute atomic E-state index is 0.157. The number of rotatable bonds is 2. The maximum atomic E-state index is 11.2. The standard InChI is InChI=1S/C13H13ClN2O/c14-11-2-1-3-12-10(11)6-7-16(12)8-9-4-5-13(17)15-9/h1-3,6-7,9H,4-5,8H2,(H,15,17). The SMILES string of the molecule is O=C1CCC(Cn2ccc3c(Cl)cccc32)N1. The molecule has 1 aromatic heterocycles. The van der Waals surface area contributed by atoms with Crippen molar-refractivity contribution in [3.63, 3.8) is 0 Å². The van der Waals surface area contributed by atoms with Gasteiger partial charge in [-0.3, -0.25) is 4.79 Å². The fourth-order valence-electron chi connectivity index (χ4n) is 2.40. The average Bonchev–Trinajstić information content (AvgIpc) is 2.88. The zero-order valence-electron chi connectivity index (χ0n) is 9.32. The number of benzene rings is 1. The number of nitrogens with one attached hydrogen (secondary N) is 1. The van der Waals surface area contributed by atoms with E-state index in [1.165, 1.54) is 0 Å². The molecule has 1 unspecified atom stereocenters. The van der Waals surface area contributed by atoms with E-state index in [2.05, 4.69) is 16.0 Å². The molecule has 0 bridgehead atoms. The highest BCUT2D eigenvalue weighted by molar-refractivity contribution is 6.35. The summed E-state index contributed by atoms with van der Waals surface area (Å²) in [5, 5.41) is 4.82. The third-order valence-electron chi connectivity index (χ3n) is 3.26. The highest BCUT2D eigenvalue weighted by Crippen LogP contribution is 2.24. The summed E-state index contributed by atoms with van der Waals surface area (Å²) < 4.78 is 2.15. The van der Waals surface area contributed by atoms with Gasteiger partial charge in [-0.15, -0.1) is 0 Å². The molecular weight excluding hydrogens is 236 g/mol. The maximum Gasteiger partial charge on any atom is 0.220 e. The van der Waals surface area contributed by atoms with Gasteiger partial charge in [0.05, 0.1) is 0 Å². The Labute approximate surface area is 104 Å². The van der Waals surface area contributed by atoms with Crippen molar-refractivity contribution in [2.24, 2.45) is 0 Å². The lowest BCUT2D eigenvalue weighted by Crippen LogP contribution is -2.29. The lowest BCUT2D eigenvalue weighted by molar-refractivity contribution is -0.119. The van der Waals surface area contributed by atoms with Crippen LogP contribution in [0.4, 0.5) is 0 Å². The quantitative estimate of drug-likeness (QED) is 0.871. The molecule has 0 spiro atoms. The van der Waals surface area contributed by atoms with Gasteiger partial charge in [-0.05, 0) is 24.6 Å². The Hall–Kier alpha value is -1.48. The van der Waals surface area contributed by atoms with Gasteiger partial charge in [0.25, 0.3) is 0 Å². The van der Waals surface area contributed by atoms with Crippen LogP contribution < -0.4 is 5.32 Å². The molecule has 1 aromatic carbocycles. The van der Waals surface area contributed by atoms with Gasteiger partial charge in [0, 0.05) is 41.1 Å². The highest BCUT2D eigenvalue weighted by Gasteiger charge is 2.21. The molecule has 1 fully saturated rings. The van der Waals surface area contributed by atoms with Crippen molar-refractivity contribution in [3.8, 4) is 0 Å². The molecular formula is C13H13ClN2O. The molecule has 1 amide bonds. The van der Waals surface area contributed by atoms with Crippen molar-refractivity contribution in [2.75, 3.05) is 0 Å². The summed E-state index contributed by atoms with van der Waals surface area (Å²) in [5.74, 6) is 0.157. The number of fused-ring (bicyclic) bond motifs is 1. The third-order valence-corrected chi connectivity index (χ3v) is 3.59. The van der Waals surface area contributed by atoms with E-state index >= 15 is 0 Å². The molecule has 4 heteroatoms. The first kappa shape index (κ1) is 10.7. The topological polar surface area (TPSA) is 34.0 Å². The van der Waals surface area contributed by atoms with Crippen LogP contribution in [0.1, 0.15) is 12.8 Å². The molecule has 2 heterocycles. The fourth-order valence-corrected chi connectivity index (χ4v) is 2.63. The Kier molecular flexibility index (Phi) is 2.56. The van der Waals surface area contributed by atoms with Crippen molar-refractivity contribution < 1.29 is 4.79 Å². The van der Waals surface area contributed by atoms with E-state index in [0.717, 1.165) is 28.9 Å². The first-order chi connectivity index (χ1) is 8.24. The molecule has 1 saturated heterocycles. The highest BCUT2D eigenvalue weighted by atomic mass is 35.5. The summed E-state index contributed by atoms with van der Waals surface area (Å²) in [6.45, 7) is 0.815. The van der Waals surface area contributed by atoms with E-state index in [-0.39, 0.29) is 11.9 Å². The first-order valence-electron chi connectivity index (χ1n) is 5.77. The molecule has 17 heavy (non-hydrogen) atoms. The van der Waals surface area contributed by atoms with Crippen LogP contribution in [0.2, 0.25) is 5.02 Å². The monoisotopic (exact) mass is 248 g/mol. The molecule has 1 aliphatic rings. The van der Waals surface area contributed by atoms with E-state index in [9.17, 15) is 4.79 Å². The minimum atomic E-state index is 0.157.